The Bertz CT molecular complexity index is 3390. The standard InChI is InChI=1S/C54H46FN3O/c1-36(2)47-31-48-45-14-9-15-46(54(45)59-53(48)32-49(47)55)52-27-24-39(35-58-52)18-21-42-29-40(19-16-37-22-25-50(56-33-37)43-10-5-3-6-11-43)28-41(30-42)20-17-38-23-26-51(57-34-38)44-12-7-4-8-13-44/h3-15,22-36H,16-21H2,1-2H3/i16D2,17D2,18D2,19D2,20D2,21D2,32D,36D. The van der Waals surface area contributed by atoms with Crippen molar-refractivity contribution in [1.29, 1.82) is 0 Å². The Kier molecular flexibility index (Phi) is 7.19. The second kappa shape index (κ2) is 17.0. The van der Waals surface area contributed by atoms with Gasteiger partial charge in [0.1, 0.15) is 17.0 Å². The number of para-hydroxylation sites is 1. The zero-order valence-electron chi connectivity index (χ0n) is 46.1. The summed E-state index contributed by atoms with van der Waals surface area (Å²) >= 11 is 0. The highest BCUT2D eigenvalue weighted by Gasteiger charge is 2.17. The van der Waals surface area contributed by atoms with E-state index in [-0.39, 0.29) is 39.1 Å². The second-order valence-corrected chi connectivity index (χ2v) is 14.1. The summed E-state index contributed by atoms with van der Waals surface area (Å²) in [5.74, 6) is -2.24. The third kappa shape index (κ3) is 8.61. The zero-order chi connectivity index (χ0) is 52.7. The third-order valence-electron chi connectivity index (χ3n) is 9.73. The molecule has 5 aromatic carbocycles. The average molecular weight is 786 g/mol. The molecule has 0 saturated heterocycles. The summed E-state index contributed by atoms with van der Waals surface area (Å²) in [6.45, 7) is 3.02. The van der Waals surface area contributed by atoms with Gasteiger partial charge in [0, 0.05) is 69.9 Å². The van der Waals surface area contributed by atoms with E-state index in [0.717, 1.165) is 35.5 Å². The SMILES string of the molecule is [2H]c1c(F)c(C([2H])(C)C)cc2c1oc1c(-c3ccc(C([2H])([2H])C([2H])([2H])c4cc(C([2H])([2H])C([2H])([2H])c5ccc(-c6ccccc6)nc5)cc(C([2H])([2H])C([2H])([2H])c5ccc(-c6ccccc6)nc5)c4)cn3)cccc12. The van der Waals surface area contributed by atoms with E-state index in [2.05, 4.69) is 15.0 Å². The highest BCUT2D eigenvalue weighted by molar-refractivity contribution is 6.09. The Balaban J connectivity index is 1.13. The first-order valence-corrected chi connectivity index (χ1v) is 19.0. The fourth-order valence-electron chi connectivity index (χ4n) is 6.71. The molecule has 0 fully saturated rings. The number of benzene rings is 5. The van der Waals surface area contributed by atoms with Gasteiger partial charge in [-0.1, -0.05) is 123 Å². The van der Waals surface area contributed by atoms with Crippen molar-refractivity contribution in [3.05, 3.63) is 209 Å². The molecular weight excluding hydrogens is 726 g/mol. The van der Waals surface area contributed by atoms with Gasteiger partial charge in [0.25, 0.3) is 0 Å². The molecule has 0 amide bonds. The molecule has 5 heteroatoms. The Labute approximate surface area is 365 Å². The highest BCUT2D eigenvalue weighted by atomic mass is 19.1. The number of hydrogen-bond acceptors (Lipinski definition) is 4. The van der Waals surface area contributed by atoms with Crippen LogP contribution in [0.2, 0.25) is 0 Å². The maximum Gasteiger partial charge on any atom is 0.144 e. The van der Waals surface area contributed by atoms with E-state index in [9.17, 15) is 16.4 Å². The molecule has 4 heterocycles. The van der Waals surface area contributed by atoms with E-state index < -0.39 is 72.7 Å². The smallest absolute Gasteiger partial charge is 0.144 e. The van der Waals surface area contributed by atoms with Crippen LogP contribution in [0.1, 0.15) is 77.9 Å². The lowest BCUT2D eigenvalue weighted by Crippen LogP contribution is -2.00. The molecule has 0 aliphatic rings. The third-order valence-corrected chi connectivity index (χ3v) is 9.73. The van der Waals surface area contributed by atoms with Crippen LogP contribution in [0, 0.1) is 5.82 Å². The van der Waals surface area contributed by atoms with Crippen molar-refractivity contribution in [3.63, 3.8) is 0 Å². The van der Waals surface area contributed by atoms with Crippen LogP contribution in [0.5, 0.6) is 0 Å². The fraction of sp³-hybridized carbons (Fsp3) is 0.167. The molecule has 0 aliphatic heterocycles. The first-order chi connectivity index (χ1) is 34.2. The first-order valence-electron chi connectivity index (χ1n) is 26.0. The van der Waals surface area contributed by atoms with Gasteiger partial charge in [-0.3, -0.25) is 15.0 Å². The molecule has 0 spiro atoms. The lowest BCUT2D eigenvalue weighted by molar-refractivity contribution is 0.593. The van der Waals surface area contributed by atoms with Gasteiger partial charge >= 0.3 is 0 Å². The van der Waals surface area contributed by atoms with Gasteiger partial charge in [0.15, 0.2) is 0 Å². The van der Waals surface area contributed by atoms with Crippen molar-refractivity contribution in [3.8, 4) is 33.8 Å². The molecule has 0 N–H and O–H groups in total. The molecule has 0 radical (unpaired) electrons. The fourth-order valence-corrected chi connectivity index (χ4v) is 6.71. The molecule has 9 aromatic rings. The predicted molar refractivity (Wildman–Crippen MR) is 239 cm³/mol. The maximum absolute atomic E-state index is 15.4. The minimum atomic E-state index is -3.17. The average Bonchev–Trinajstić information content (AvgIpc) is 3.76. The summed E-state index contributed by atoms with van der Waals surface area (Å²) in [4.78, 5) is 13.3. The van der Waals surface area contributed by atoms with Gasteiger partial charge in [-0.15, -0.1) is 0 Å². The molecule has 0 atom stereocenters. The summed E-state index contributed by atoms with van der Waals surface area (Å²) in [7, 11) is 0. The van der Waals surface area contributed by atoms with Gasteiger partial charge in [-0.05, 0) is 113 Å². The Morgan fingerprint density at radius 3 is 1.47 bits per heavy atom. The summed E-state index contributed by atoms with van der Waals surface area (Å²) in [5.41, 5.74) is 0.731. The number of hydrogen-bond donors (Lipinski definition) is 0. The number of pyridine rings is 3. The summed E-state index contributed by atoms with van der Waals surface area (Å²) in [6.07, 6.45) is -14.8. The van der Waals surface area contributed by atoms with Gasteiger partial charge in [0.05, 0.1) is 18.5 Å². The van der Waals surface area contributed by atoms with E-state index in [1.165, 1.54) is 68.7 Å². The Morgan fingerprint density at radius 2 is 1.02 bits per heavy atom. The lowest BCUT2D eigenvalue weighted by atomic mass is 9.94. The molecule has 0 bridgehead atoms. The van der Waals surface area contributed by atoms with Crippen molar-refractivity contribution < 1.29 is 28.0 Å². The summed E-state index contributed by atoms with van der Waals surface area (Å²) < 4.78 is 151. The van der Waals surface area contributed by atoms with Gasteiger partial charge < -0.3 is 4.42 Å². The van der Waals surface area contributed by atoms with Crippen LogP contribution in [0.15, 0.2) is 169 Å². The monoisotopic (exact) mass is 785 g/mol. The van der Waals surface area contributed by atoms with Crippen LogP contribution < -0.4 is 0 Å². The van der Waals surface area contributed by atoms with Crippen LogP contribution >= 0.6 is 0 Å². The molecule has 4 nitrogen and oxygen atoms in total. The normalized spacial score (nSPS) is 16.7. The quantitative estimate of drug-likeness (QED) is 0.117. The number of fused-ring (bicyclic) bond motifs is 3. The van der Waals surface area contributed by atoms with E-state index in [4.69, 9.17) is 7.16 Å². The Hall–Kier alpha value is -6.72. The first kappa shape index (κ1) is 24.9. The largest absolute Gasteiger partial charge is 0.455 e. The number of rotatable bonds is 13. The highest BCUT2D eigenvalue weighted by Crippen LogP contribution is 2.37. The molecule has 0 aliphatic carbocycles. The molecule has 0 saturated carbocycles. The van der Waals surface area contributed by atoms with Crippen LogP contribution in [0.25, 0.3) is 55.7 Å². The van der Waals surface area contributed by atoms with Crippen molar-refractivity contribution >= 4 is 21.9 Å². The topological polar surface area (TPSA) is 51.8 Å². The van der Waals surface area contributed by atoms with Crippen LogP contribution in [0.3, 0.4) is 0 Å². The van der Waals surface area contributed by atoms with E-state index in [1.54, 1.807) is 66.7 Å². The van der Waals surface area contributed by atoms with E-state index >= 15 is 4.39 Å². The van der Waals surface area contributed by atoms with Crippen LogP contribution in [0.4, 0.5) is 4.39 Å². The molecule has 290 valence electrons. The maximum atomic E-state index is 15.4. The minimum Gasteiger partial charge on any atom is -0.455 e. The number of aryl methyl sites for hydroxylation is 6. The summed E-state index contributed by atoms with van der Waals surface area (Å²) in [5, 5.41) is 0.917. The van der Waals surface area contributed by atoms with Crippen LogP contribution in [-0.4, -0.2) is 15.0 Å². The second-order valence-electron chi connectivity index (χ2n) is 14.1. The van der Waals surface area contributed by atoms with Crippen molar-refractivity contribution in [2.45, 2.75) is 58.0 Å². The zero-order valence-corrected chi connectivity index (χ0v) is 32.1. The van der Waals surface area contributed by atoms with Crippen LogP contribution in [-0.2, 0) is 38.2 Å². The molecule has 9 rings (SSSR count). The molecule has 4 aromatic heterocycles. The van der Waals surface area contributed by atoms with E-state index in [0.29, 0.717) is 27.7 Å². The number of aromatic nitrogens is 3. The number of nitrogens with zero attached hydrogens (tertiary/aromatic N) is 3. The van der Waals surface area contributed by atoms with Crippen molar-refractivity contribution in [2.75, 3.05) is 0 Å². The van der Waals surface area contributed by atoms with Gasteiger partial charge in [-0.2, -0.15) is 0 Å². The van der Waals surface area contributed by atoms with Gasteiger partial charge in [-0.25, -0.2) is 4.39 Å². The number of furan rings is 1. The molecular formula is C54H46FN3O. The minimum absolute atomic E-state index is 0.0108. The van der Waals surface area contributed by atoms with Crippen molar-refractivity contribution in [2.24, 2.45) is 0 Å². The summed E-state index contributed by atoms with van der Waals surface area (Å²) in [6, 6.07) is 35.4. The molecule has 0 unspecified atom stereocenters. The van der Waals surface area contributed by atoms with Gasteiger partial charge in [0.2, 0.25) is 0 Å². The van der Waals surface area contributed by atoms with Crippen molar-refractivity contribution in [1.82, 2.24) is 15.0 Å². The molecule has 59 heavy (non-hydrogen) atoms. The predicted octanol–water partition coefficient (Wildman–Crippen LogP) is 13.4. The Morgan fingerprint density at radius 1 is 0.542 bits per heavy atom. The number of halogens is 1. The van der Waals surface area contributed by atoms with E-state index in [1.807, 2.05) is 12.1 Å². The lowest BCUT2D eigenvalue weighted by Gasteiger charge is -2.12.